The van der Waals surface area contributed by atoms with Gasteiger partial charge in [0.2, 0.25) is 0 Å². The summed E-state index contributed by atoms with van der Waals surface area (Å²) in [5.41, 5.74) is 1.30. The number of unbranched alkanes of at least 4 members (excludes halogenated alkanes) is 1. The van der Waals surface area contributed by atoms with E-state index in [1.807, 2.05) is 25.1 Å². The molecule has 6 nitrogen and oxygen atoms in total. The number of halogens is 2. The lowest BCUT2D eigenvalue weighted by molar-refractivity contribution is -0.148. The molecule has 1 amide bonds. The van der Waals surface area contributed by atoms with E-state index in [2.05, 4.69) is 16.9 Å². The van der Waals surface area contributed by atoms with Gasteiger partial charge in [0.25, 0.3) is 5.91 Å². The lowest BCUT2D eigenvalue weighted by atomic mass is 9.92. The quantitative estimate of drug-likeness (QED) is 0.228. The first-order valence-electron chi connectivity index (χ1n) is 12.9. The van der Waals surface area contributed by atoms with Gasteiger partial charge in [0.05, 0.1) is 13.2 Å². The summed E-state index contributed by atoms with van der Waals surface area (Å²) in [7, 11) is 1.23. The average Bonchev–Trinajstić information content (AvgIpc) is 3.42. The van der Waals surface area contributed by atoms with Crippen LogP contribution in [0.25, 0.3) is 0 Å². The van der Waals surface area contributed by atoms with E-state index in [0.717, 1.165) is 30.6 Å². The fourth-order valence-electron chi connectivity index (χ4n) is 4.79. The third-order valence-corrected chi connectivity index (χ3v) is 8.01. The molecule has 3 atom stereocenters. The number of hydrogen-bond acceptors (Lipinski definition) is 6. The van der Waals surface area contributed by atoms with Crippen molar-refractivity contribution in [2.24, 2.45) is 5.92 Å². The van der Waals surface area contributed by atoms with Crippen LogP contribution >= 0.6 is 11.3 Å². The summed E-state index contributed by atoms with van der Waals surface area (Å²) in [6, 6.07) is 13.2. The molecule has 9 heteroatoms. The van der Waals surface area contributed by atoms with E-state index in [4.69, 9.17) is 4.74 Å². The Bertz CT molecular complexity index is 999. The zero-order valence-corrected chi connectivity index (χ0v) is 22.4. The number of alkyl halides is 2. The highest BCUT2D eigenvalue weighted by Crippen LogP contribution is 2.36. The van der Waals surface area contributed by atoms with E-state index >= 15 is 0 Å². The van der Waals surface area contributed by atoms with Crippen molar-refractivity contribution < 1.29 is 33.0 Å². The molecule has 1 N–H and O–H groups in total. The number of thiophene rings is 1. The van der Waals surface area contributed by atoms with Gasteiger partial charge in [0, 0.05) is 23.9 Å². The highest BCUT2D eigenvalue weighted by molar-refractivity contribution is 7.13. The number of ether oxygens (including phenoxy) is 2. The molecule has 204 valence electrons. The zero-order chi connectivity index (χ0) is 26.8. The third kappa shape index (κ3) is 8.78. The van der Waals surface area contributed by atoms with Crippen LogP contribution in [0.5, 0.6) is 5.06 Å². The molecule has 1 saturated heterocycles. The predicted octanol–water partition coefficient (Wildman–Crippen LogP) is 6.25. The van der Waals surface area contributed by atoms with Gasteiger partial charge in [-0.1, -0.05) is 43.7 Å². The first kappa shape index (κ1) is 29.0. The summed E-state index contributed by atoms with van der Waals surface area (Å²) in [6.07, 6.45) is 3.86. The molecule has 1 fully saturated rings. The van der Waals surface area contributed by atoms with Gasteiger partial charge < -0.3 is 19.5 Å². The molecule has 0 aliphatic carbocycles. The van der Waals surface area contributed by atoms with Crippen molar-refractivity contribution in [2.45, 2.75) is 82.8 Å². The molecular formula is C28H37F2NO5S. The van der Waals surface area contributed by atoms with Crippen LogP contribution in [-0.4, -0.2) is 53.8 Å². The topological polar surface area (TPSA) is 76.1 Å². The fourth-order valence-corrected chi connectivity index (χ4v) is 5.67. The van der Waals surface area contributed by atoms with Gasteiger partial charge in [0.15, 0.2) is 5.06 Å². The van der Waals surface area contributed by atoms with E-state index in [1.165, 1.54) is 28.9 Å². The molecule has 0 spiro atoms. The van der Waals surface area contributed by atoms with Crippen LogP contribution < -0.4 is 4.74 Å². The highest BCUT2D eigenvalue weighted by Gasteiger charge is 2.52. The molecular weight excluding hydrogens is 500 g/mol. The Hall–Kier alpha value is -2.52. The maximum absolute atomic E-state index is 14.3. The molecule has 2 aromatic rings. The summed E-state index contributed by atoms with van der Waals surface area (Å²) < 4.78 is 38.0. The Balaban J connectivity index is 1.42. The molecule has 0 radical (unpaired) electrons. The van der Waals surface area contributed by atoms with Crippen molar-refractivity contribution in [3.63, 3.8) is 0 Å². The Morgan fingerprint density at radius 2 is 1.89 bits per heavy atom. The number of benzene rings is 1. The van der Waals surface area contributed by atoms with E-state index < -0.39 is 36.6 Å². The van der Waals surface area contributed by atoms with E-state index in [9.17, 15) is 23.5 Å². The number of likely N-dealkylation sites (tertiary alicyclic amines) is 1. The SMILES string of the molecule is COC(=O)Oc1ccc(CCCN2C(=O)C(F)(F)C[C@@H]2CC[C@@H](O)[C@H](C)CCCCc2ccccc2)s1. The van der Waals surface area contributed by atoms with Crippen LogP contribution in [0.4, 0.5) is 13.6 Å². The minimum absolute atomic E-state index is 0.0714. The number of carbonyl (C=O) groups excluding carboxylic acids is 2. The third-order valence-electron chi connectivity index (χ3n) is 6.99. The summed E-state index contributed by atoms with van der Waals surface area (Å²) in [6.45, 7) is 2.22. The monoisotopic (exact) mass is 537 g/mol. The van der Waals surface area contributed by atoms with Crippen LogP contribution in [0.1, 0.15) is 62.3 Å². The van der Waals surface area contributed by atoms with Crippen LogP contribution in [-0.2, 0) is 22.4 Å². The van der Waals surface area contributed by atoms with Gasteiger partial charge in [-0.15, -0.1) is 11.3 Å². The van der Waals surface area contributed by atoms with Crippen molar-refractivity contribution in [2.75, 3.05) is 13.7 Å². The molecule has 37 heavy (non-hydrogen) atoms. The summed E-state index contributed by atoms with van der Waals surface area (Å²) in [4.78, 5) is 25.8. The smallest absolute Gasteiger partial charge is 0.437 e. The number of amides is 1. The number of methoxy groups -OCH3 is 1. The number of nitrogens with zero attached hydrogens (tertiary/aromatic N) is 1. The van der Waals surface area contributed by atoms with Crippen molar-refractivity contribution in [3.8, 4) is 5.06 Å². The molecule has 1 aliphatic heterocycles. The van der Waals surface area contributed by atoms with Crippen LogP contribution in [0.15, 0.2) is 42.5 Å². The van der Waals surface area contributed by atoms with Crippen molar-refractivity contribution in [3.05, 3.63) is 52.9 Å². The number of aliphatic hydroxyl groups excluding tert-OH is 1. The average molecular weight is 538 g/mol. The van der Waals surface area contributed by atoms with E-state index in [-0.39, 0.29) is 12.5 Å². The molecule has 0 saturated carbocycles. The zero-order valence-electron chi connectivity index (χ0n) is 21.5. The Labute approximate surface area is 221 Å². The largest absolute Gasteiger partial charge is 0.514 e. The molecule has 3 rings (SSSR count). The Morgan fingerprint density at radius 3 is 2.62 bits per heavy atom. The minimum atomic E-state index is -3.36. The fraction of sp³-hybridized carbons (Fsp3) is 0.571. The number of hydrogen-bond donors (Lipinski definition) is 1. The molecule has 1 aromatic carbocycles. The predicted molar refractivity (Wildman–Crippen MR) is 139 cm³/mol. The van der Waals surface area contributed by atoms with Gasteiger partial charge in [-0.05, 0) is 68.6 Å². The molecule has 0 bridgehead atoms. The Kier molecular flexibility index (Phi) is 10.9. The van der Waals surface area contributed by atoms with Gasteiger partial charge in [-0.3, -0.25) is 4.79 Å². The first-order chi connectivity index (χ1) is 17.7. The number of aryl methyl sites for hydroxylation is 2. The second kappa shape index (κ2) is 13.9. The van der Waals surface area contributed by atoms with Crippen molar-refractivity contribution in [1.82, 2.24) is 4.90 Å². The summed E-state index contributed by atoms with van der Waals surface area (Å²) in [5, 5.41) is 11.0. The maximum atomic E-state index is 14.3. The van der Waals surface area contributed by atoms with E-state index in [1.54, 1.807) is 12.1 Å². The van der Waals surface area contributed by atoms with Crippen molar-refractivity contribution in [1.29, 1.82) is 0 Å². The standard InChI is InChI=1S/C28H37F2NO5S/c1-20(9-6-7-12-21-10-4-3-5-11-21)24(32)16-14-22-19-28(29,30)26(33)31(22)18-8-13-23-15-17-25(37-23)36-27(34)35-2/h3-5,10-11,15,17,20,22,24,32H,6-9,12-14,16,18-19H2,1-2H3/t20-,22+,24-/m1/s1. The maximum Gasteiger partial charge on any atom is 0.514 e. The molecule has 1 aliphatic rings. The normalized spacial score (nSPS) is 18.6. The van der Waals surface area contributed by atoms with Crippen LogP contribution in [0.3, 0.4) is 0 Å². The highest BCUT2D eigenvalue weighted by atomic mass is 32.1. The van der Waals surface area contributed by atoms with Gasteiger partial charge in [-0.25, -0.2) is 4.79 Å². The molecule has 2 heterocycles. The lowest BCUT2D eigenvalue weighted by Crippen LogP contribution is -2.37. The number of aliphatic hydroxyl groups is 1. The minimum Gasteiger partial charge on any atom is -0.437 e. The molecule has 0 unspecified atom stereocenters. The summed E-state index contributed by atoms with van der Waals surface area (Å²) in [5.74, 6) is -4.41. The lowest BCUT2D eigenvalue weighted by Gasteiger charge is -2.26. The number of rotatable bonds is 14. The van der Waals surface area contributed by atoms with Crippen LogP contribution in [0.2, 0.25) is 0 Å². The second-order valence-electron chi connectivity index (χ2n) is 9.79. The van der Waals surface area contributed by atoms with Crippen molar-refractivity contribution >= 4 is 23.4 Å². The van der Waals surface area contributed by atoms with Gasteiger partial charge in [0.1, 0.15) is 0 Å². The number of carbonyl (C=O) groups is 2. The second-order valence-corrected chi connectivity index (χ2v) is 10.9. The van der Waals surface area contributed by atoms with Gasteiger partial charge in [-0.2, -0.15) is 8.78 Å². The first-order valence-corrected chi connectivity index (χ1v) is 13.8. The van der Waals surface area contributed by atoms with Gasteiger partial charge >= 0.3 is 12.1 Å². The summed E-state index contributed by atoms with van der Waals surface area (Å²) >= 11 is 1.28. The van der Waals surface area contributed by atoms with Crippen LogP contribution in [0, 0.1) is 5.92 Å². The molecule has 1 aromatic heterocycles. The van der Waals surface area contributed by atoms with E-state index in [0.29, 0.717) is 30.7 Å². The Morgan fingerprint density at radius 1 is 1.14 bits per heavy atom.